The van der Waals surface area contributed by atoms with Gasteiger partial charge in [-0.15, -0.1) is 0 Å². The normalized spacial score (nSPS) is 27.0. The van der Waals surface area contributed by atoms with Gasteiger partial charge in [-0.1, -0.05) is 66.0 Å². The molecule has 0 bridgehead atoms. The van der Waals surface area contributed by atoms with Gasteiger partial charge >= 0.3 is 6.18 Å². The summed E-state index contributed by atoms with van der Waals surface area (Å²) < 4.78 is 46.0. The number of imide groups is 2. The molecular formula is C37H33Cl2F3N4O6. The van der Waals surface area contributed by atoms with Crippen LogP contribution in [0, 0.1) is 23.7 Å². The molecule has 2 aromatic carbocycles. The van der Waals surface area contributed by atoms with Crippen molar-refractivity contribution in [2.45, 2.75) is 50.6 Å². The van der Waals surface area contributed by atoms with Crippen LogP contribution in [0.1, 0.15) is 55.7 Å². The number of alkyl halides is 3. The van der Waals surface area contributed by atoms with Crippen LogP contribution in [0.5, 0.6) is 11.5 Å². The number of para-hydroxylation sites is 1. The molecule has 10 nitrogen and oxygen atoms in total. The molecule has 0 radical (unpaired) electrons. The van der Waals surface area contributed by atoms with Crippen molar-refractivity contribution in [3.05, 3.63) is 93.1 Å². The second kappa shape index (κ2) is 13.1. The predicted octanol–water partition coefficient (Wildman–Crippen LogP) is 6.91. The third-order valence-electron chi connectivity index (χ3n) is 10.7. The Morgan fingerprint density at radius 3 is 2.40 bits per heavy atom. The molecule has 3 fully saturated rings. The number of amides is 4. The SMILES string of the molecule is CCCN1C(=O)[C@H]2[C@H](CC=C3[C@H]2C[C@H]2C(=O)N(Nc4ncc(C(F)(F)F)cc4Cl)C(=O)[C@@]2(c2ccc(Cl)cc2)[C@H]3c2cccc(OCC)c2O)C1=O. The van der Waals surface area contributed by atoms with Gasteiger partial charge in [-0.3, -0.25) is 29.5 Å². The van der Waals surface area contributed by atoms with Gasteiger partial charge in [0.2, 0.25) is 11.8 Å². The number of hydrogen-bond donors (Lipinski definition) is 2. The Labute approximate surface area is 306 Å². The minimum atomic E-state index is -4.75. The first-order chi connectivity index (χ1) is 24.7. The van der Waals surface area contributed by atoms with E-state index in [2.05, 4.69) is 10.4 Å². The van der Waals surface area contributed by atoms with Crippen LogP contribution in [-0.4, -0.2) is 56.8 Å². The molecule has 7 rings (SSSR count). The minimum absolute atomic E-state index is 0.0338. The summed E-state index contributed by atoms with van der Waals surface area (Å²) in [5, 5.41) is 12.4. The number of aromatic hydroxyl groups is 1. The van der Waals surface area contributed by atoms with Crippen molar-refractivity contribution in [3.63, 3.8) is 0 Å². The molecule has 272 valence electrons. The van der Waals surface area contributed by atoms with E-state index in [0.29, 0.717) is 39.9 Å². The van der Waals surface area contributed by atoms with Crippen molar-refractivity contribution in [2.75, 3.05) is 18.6 Å². The molecule has 2 N–H and O–H groups in total. The number of carbonyl (C=O) groups excluding carboxylic acids is 4. The van der Waals surface area contributed by atoms with Crippen molar-refractivity contribution in [2.24, 2.45) is 23.7 Å². The van der Waals surface area contributed by atoms with E-state index in [-0.39, 0.29) is 60.7 Å². The second-order valence-electron chi connectivity index (χ2n) is 13.4. The molecule has 4 aliphatic rings. The number of allylic oxidation sites excluding steroid dienone is 2. The van der Waals surface area contributed by atoms with Gasteiger partial charge in [0, 0.05) is 29.2 Å². The number of likely N-dealkylation sites (tertiary alicyclic amines) is 1. The molecule has 1 saturated carbocycles. The summed E-state index contributed by atoms with van der Waals surface area (Å²) in [6.45, 7) is 4.05. The minimum Gasteiger partial charge on any atom is -0.504 e. The summed E-state index contributed by atoms with van der Waals surface area (Å²) in [7, 11) is 0. The number of rotatable bonds is 8. The molecule has 2 aliphatic carbocycles. The van der Waals surface area contributed by atoms with Crippen LogP contribution < -0.4 is 10.2 Å². The Balaban J connectivity index is 1.45. The maximum atomic E-state index is 15.3. The maximum absolute atomic E-state index is 15.3. The van der Waals surface area contributed by atoms with E-state index >= 15 is 4.79 Å². The Hall–Kier alpha value is -4.62. The highest BCUT2D eigenvalue weighted by Gasteiger charge is 2.70. The average Bonchev–Trinajstić information content (AvgIpc) is 3.47. The summed E-state index contributed by atoms with van der Waals surface area (Å²) in [6, 6.07) is 11.8. The highest BCUT2D eigenvalue weighted by molar-refractivity contribution is 6.33. The molecule has 2 aliphatic heterocycles. The lowest BCUT2D eigenvalue weighted by Gasteiger charge is -2.50. The second-order valence-corrected chi connectivity index (χ2v) is 14.2. The molecule has 0 spiro atoms. The predicted molar refractivity (Wildman–Crippen MR) is 183 cm³/mol. The number of anilines is 1. The molecule has 3 heterocycles. The standard InChI is InChI=1S/C37H33Cl2F3N4O6/c1-3-14-45-32(48)22-13-12-21-24(28(22)34(45)50)16-25-33(49)46(44-31-26(39)15-19(17-43-31)37(40,41)42)35(51)36(25,18-8-10-20(38)11-9-18)29(21)23-6-5-7-27(30(23)47)52-4-2/h5-12,15,17,22,24-25,28-29,47H,3-4,13-14,16H2,1-2H3,(H,43,44)/t22-,24+,25-,28-,29+,36+/m0/s1. The molecule has 3 aromatic rings. The summed E-state index contributed by atoms with van der Waals surface area (Å²) >= 11 is 12.5. The number of ether oxygens (including phenoxy) is 1. The van der Waals surface area contributed by atoms with Crippen molar-refractivity contribution in [1.82, 2.24) is 14.9 Å². The van der Waals surface area contributed by atoms with Crippen molar-refractivity contribution in [1.29, 1.82) is 0 Å². The molecule has 52 heavy (non-hydrogen) atoms. The van der Waals surface area contributed by atoms with Crippen molar-refractivity contribution in [3.8, 4) is 11.5 Å². The summed E-state index contributed by atoms with van der Waals surface area (Å²) in [5.41, 5.74) is 0.890. The van der Waals surface area contributed by atoms with Crippen LogP contribution in [-0.2, 0) is 30.8 Å². The summed E-state index contributed by atoms with van der Waals surface area (Å²) in [4.78, 5) is 62.6. The zero-order valence-corrected chi connectivity index (χ0v) is 29.4. The van der Waals surface area contributed by atoms with Gasteiger partial charge in [-0.05, 0) is 61.9 Å². The Morgan fingerprint density at radius 1 is 1.02 bits per heavy atom. The lowest BCUT2D eigenvalue weighted by Crippen LogP contribution is -2.53. The maximum Gasteiger partial charge on any atom is 0.417 e. The summed E-state index contributed by atoms with van der Waals surface area (Å²) in [5.74, 6) is -7.18. The van der Waals surface area contributed by atoms with Crippen LogP contribution in [0.25, 0.3) is 0 Å². The monoisotopic (exact) mass is 756 g/mol. The zero-order chi connectivity index (χ0) is 37.3. The van der Waals surface area contributed by atoms with Gasteiger partial charge in [0.1, 0.15) is 0 Å². The molecular weight excluding hydrogens is 724 g/mol. The molecule has 15 heteroatoms. The smallest absolute Gasteiger partial charge is 0.417 e. The number of fused-ring (bicyclic) bond motifs is 4. The van der Waals surface area contributed by atoms with Crippen LogP contribution >= 0.6 is 23.2 Å². The number of aromatic nitrogens is 1. The van der Waals surface area contributed by atoms with E-state index in [4.69, 9.17) is 27.9 Å². The zero-order valence-electron chi connectivity index (χ0n) is 27.9. The van der Waals surface area contributed by atoms with E-state index in [1.165, 1.54) is 4.90 Å². The molecule has 4 amide bonds. The first-order valence-corrected chi connectivity index (χ1v) is 17.6. The highest BCUT2D eigenvalue weighted by Crippen LogP contribution is 2.65. The Bertz CT molecular complexity index is 2020. The van der Waals surface area contributed by atoms with Gasteiger partial charge in [0.05, 0.1) is 40.4 Å². The number of benzene rings is 2. The summed E-state index contributed by atoms with van der Waals surface area (Å²) in [6.07, 6.45) is -1.65. The highest BCUT2D eigenvalue weighted by atomic mass is 35.5. The van der Waals surface area contributed by atoms with Gasteiger partial charge in [-0.2, -0.15) is 18.2 Å². The van der Waals surface area contributed by atoms with E-state index in [9.17, 15) is 32.7 Å². The number of phenols is 1. The third kappa shape index (κ3) is 5.34. The lowest BCUT2D eigenvalue weighted by atomic mass is 9.49. The third-order valence-corrected chi connectivity index (χ3v) is 11.3. The fourth-order valence-electron chi connectivity index (χ4n) is 8.68. The number of halogens is 5. The molecule has 2 saturated heterocycles. The van der Waals surface area contributed by atoms with Crippen molar-refractivity contribution >= 4 is 52.6 Å². The number of nitrogens with one attached hydrogen (secondary N) is 1. The van der Waals surface area contributed by atoms with E-state index in [0.717, 1.165) is 0 Å². The van der Waals surface area contributed by atoms with Gasteiger partial charge in [0.25, 0.3) is 11.8 Å². The van der Waals surface area contributed by atoms with E-state index < -0.39 is 63.6 Å². The number of hydrazine groups is 1. The Kier molecular flexibility index (Phi) is 9.01. The first-order valence-electron chi connectivity index (χ1n) is 16.9. The number of nitrogens with zero attached hydrogens (tertiary/aromatic N) is 3. The molecule has 1 aromatic heterocycles. The van der Waals surface area contributed by atoms with Gasteiger partial charge in [-0.25, -0.2) is 4.98 Å². The van der Waals surface area contributed by atoms with Crippen molar-refractivity contribution < 1.29 is 42.2 Å². The van der Waals surface area contributed by atoms with Gasteiger partial charge in [0.15, 0.2) is 17.3 Å². The van der Waals surface area contributed by atoms with Crippen LogP contribution in [0.3, 0.4) is 0 Å². The number of pyridine rings is 1. The average molecular weight is 758 g/mol. The quantitative estimate of drug-likeness (QED) is 0.188. The van der Waals surface area contributed by atoms with E-state index in [1.807, 2.05) is 13.0 Å². The first kappa shape index (κ1) is 35.8. The van der Waals surface area contributed by atoms with Crippen LogP contribution in [0.15, 0.2) is 66.4 Å². The topological polar surface area (TPSA) is 129 Å². The number of phenolic OH excluding ortho intramolecular Hbond substituents is 1. The fourth-order valence-corrected chi connectivity index (χ4v) is 9.02. The largest absolute Gasteiger partial charge is 0.504 e. The number of carbonyl (C=O) groups is 4. The van der Waals surface area contributed by atoms with Crippen LogP contribution in [0.2, 0.25) is 10.0 Å². The molecule has 0 unspecified atom stereocenters. The number of hydrogen-bond acceptors (Lipinski definition) is 8. The fraction of sp³-hybridized carbons (Fsp3) is 0.378. The van der Waals surface area contributed by atoms with Gasteiger partial charge < -0.3 is 9.84 Å². The van der Waals surface area contributed by atoms with Crippen LogP contribution in [0.4, 0.5) is 19.0 Å². The Morgan fingerprint density at radius 2 is 1.75 bits per heavy atom. The lowest BCUT2D eigenvalue weighted by molar-refractivity contribution is -0.141. The molecule has 6 atom stereocenters. The van der Waals surface area contributed by atoms with E-state index in [1.54, 1.807) is 49.4 Å².